The molecule has 0 fully saturated rings. The molecule has 0 saturated heterocycles. The molecule has 3 N–H and O–H groups in total. The second-order valence-corrected chi connectivity index (χ2v) is 7.70. The minimum atomic E-state index is -0.132. The van der Waals surface area contributed by atoms with E-state index < -0.39 is 0 Å². The highest BCUT2D eigenvalue weighted by molar-refractivity contribution is 6.04. The Kier molecular flexibility index (Phi) is 6.12. The number of aryl methyl sites for hydroxylation is 3. The van der Waals surface area contributed by atoms with Gasteiger partial charge in [-0.3, -0.25) is 4.79 Å². The fraction of sp³-hybridized carbons (Fsp3) is 0.115. The number of rotatable bonds is 6. The van der Waals surface area contributed by atoms with E-state index in [1.807, 2.05) is 74.5 Å². The number of anilines is 5. The Labute approximate surface area is 187 Å². The molecule has 3 aromatic carbocycles. The molecular weight excluding hydrogens is 398 g/mol. The van der Waals surface area contributed by atoms with Crippen molar-refractivity contribution in [1.82, 2.24) is 9.97 Å². The second-order valence-electron chi connectivity index (χ2n) is 7.70. The third-order valence-electron chi connectivity index (χ3n) is 4.86. The van der Waals surface area contributed by atoms with Gasteiger partial charge in [-0.1, -0.05) is 35.4 Å². The zero-order chi connectivity index (χ0) is 22.5. The summed E-state index contributed by atoms with van der Waals surface area (Å²) in [5, 5.41) is 9.53. The van der Waals surface area contributed by atoms with Gasteiger partial charge in [0.1, 0.15) is 17.5 Å². The maximum absolute atomic E-state index is 12.4. The smallest absolute Gasteiger partial charge is 0.255 e. The van der Waals surface area contributed by atoms with Gasteiger partial charge in [0.25, 0.3) is 5.91 Å². The van der Waals surface area contributed by atoms with Gasteiger partial charge in [0, 0.05) is 28.7 Å². The highest BCUT2D eigenvalue weighted by atomic mass is 16.1. The Bertz CT molecular complexity index is 1230. The maximum atomic E-state index is 12.4. The summed E-state index contributed by atoms with van der Waals surface area (Å²) < 4.78 is 0. The molecule has 0 saturated carbocycles. The van der Waals surface area contributed by atoms with Crippen LogP contribution in [-0.2, 0) is 0 Å². The zero-order valence-corrected chi connectivity index (χ0v) is 18.3. The lowest BCUT2D eigenvalue weighted by Gasteiger charge is -2.11. The molecule has 1 aromatic heterocycles. The van der Waals surface area contributed by atoms with Crippen LogP contribution in [0.2, 0.25) is 0 Å². The number of aromatic nitrogens is 2. The number of benzene rings is 3. The van der Waals surface area contributed by atoms with E-state index in [1.54, 1.807) is 6.07 Å². The normalized spacial score (nSPS) is 10.5. The van der Waals surface area contributed by atoms with Gasteiger partial charge in [0.15, 0.2) is 0 Å². The fourth-order valence-electron chi connectivity index (χ4n) is 3.25. The fourth-order valence-corrected chi connectivity index (χ4v) is 3.25. The molecule has 160 valence electrons. The first-order valence-corrected chi connectivity index (χ1v) is 10.4. The van der Waals surface area contributed by atoms with E-state index in [0.717, 1.165) is 22.6 Å². The van der Waals surface area contributed by atoms with Crippen molar-refractivity contribution in [3.63, 3.8) is 0 Å². The van der Waals surface area contributed by atoms with Gasteiger partial charge < -0.3 is 16.0 Å². The van der Waals surface area contributed by atoms with E-state index in [0.29, 0.717) is 23.0 Å². The standard InChI is InChI=1S/C26H25N5O/c1-17-7-9-21(10-8-17)29-24-16-25(28-19(3)27-24)30-22-11-13-23(14-12-22)31-26(32)20-6-4-5-18(2)15-20/h4-16H,1-3H3,(H,31,32)(H2,27,28,29,30). The average Bonchev–Trinajstić information content (AvgIpc) is 2.76. The van der Waals surface area contributed by atoms with Crippen LogP contribution < -0.4 is 16.0 Å². The van der Waals surface area contributed by atoms with Crippen LogP contribution in [0, 0.1) is 20.8 Å². The van der Waals surface area contributed by atoms with E-state index in [2.05, 4.69) is 45.0 Å². The number of carbonyl (C=O) groups excluding carboxylic acids is 1. The molecule has 6 nitrogen and oxygen atoms in total. The van der Waals surface area contributed by atoms with Crippen LogP contribution in [-0.4, -0.2) is 15.9 Å². The minimum absolute atomic E-state index is 0.132. The van der Waals surface area contributed by atoms with Crippen LogP contribution in [0.1, 0.15) is 27.3 Å². The van der Waals surface area contributed by atoms with E-state index in [1.165, 1.54) is 5.56 Å². The first-order chi connectivity index (χ1) is 15.4. The molecule has 32 heavy (non-hydrogen) atoms. The average molecular weight is 424 g/mol. The number of amides is 1. The zero-order valence-electron chi connectivity index (χ0n) is 18.3. The molecule has 0 aliphatic heterocycles. The lowest BCUT2D eigenvalue weighted by molar-refractivity contribution is 0.102. The molecule has 0 atom stereocenters. The van der Waals surface area contributed by atoms with Gasteiger partial charge in [-0.2, -0.15) is 0 Å². The number of hydrogen-bond donors (Lipinski definition) is 3. The van der Waals surface area contributed by atoms with Gasteiger partial charge in [-0.05, 0) is 69.3 Å². The Morgan fingerprint density at radius 3 is 1.81 bits per heavy atom. The maximum Gasteiger partial charge on any atom is 0.255 e. The van der Waals surface area contributed by atoms with Crippen molar-refractivity contribution >= 4 is 34.6 Å². The molecule has 0 radical (unpaired) electrons. The Balaban J connectivity index is 1.43. The molecule has 0 bridgehead atoms. The van der Waals surface area contributed by atoms with Crippen LogP contribution in [0.5, 0.6) is 0 Å². The molecule has 0 spiro atoms. The van der Waals surface area contributed by atoms with Crippen molar-refractivity contribution in [3.05, 3.63) is 101 Å². The van der Waals surface area contributed by atoms with Gasteiger partial charge >= 0.3 is 0 Å². The summed E-state index contributed by atoms with van der Waals surface area (Å²) in [6.45, 7) is 5.88. The van der Waals surface area contributed by atoms with Crippen LogP contribution in [0.15, 0.2) is 78.9 Å². The first kappa shape index (κ1) is 21.1. The predicted molar refractivity (Wildman–Crippen MR) is 130 cm³/mol. The molecule has 4 aromatic rings. The summed E-state index contributed by atoms with van der Waals surface area (Å²) in [5.74, 6) is 1.92. The number of carbonyl (C=O) groups is 1. The molecule has 1 amide bonds. The summed E-state index contributed by atoms with van der Waals surface area (Å²) >= 11 is 0. The Morgan fingerprint density at radius 2 is 1.22 bits per heavy atom. The van der Waals surface area contributed by atoms with Gasteiger partial charge in [-0.15, -0.1) is 0 Å². The number of nitrogens with one attached hydrogen (secondary N) is 3. The van der Waals surface area contributed by atoms with Crippen LogP contribution >= 0.6 is 0 Å². The third-order valence-corrected chi connectivity index (χ3v) is 4.86. The summed E-state index contributed by atoms with van der Waals surface area (Å²) in [7, 11) is 0. The monoisotopic (exact) mass is 423 g/mol. The van der Waals surface area contributed by atoms with Crippen molar-refractivity contribution in [2.24, 2.45) is 0 Å². The van der Waals surface area contributed by atoms with Crippen LogP contribution in [0.3, 0.4) is 0 Å². The summed E-state index contributed by atoms with van der Waals surface area (Å²) in [5.41, 5.74) is 5.44. The third kappa shape index (κ3) is 5.49. The van der Waals surface area contributed by atoms with Crippen LogP contribution in [0.4, 0.5) is 28.7 Å². The van der Waals surface area contributed by atoms with E-state index >= 15 is 0 Å². The van der Waals surface area contributed by atoms with Crippen molar-refractivity contribution < 1.29 is 4.79 Å². The molecule has 0 aliphatic carbocycles. The van der Waals surface area contributed by atoms with Gasteiger partial charge in [0.2, 0.25) is 0 Å². The minimum Gasteiger partial charge on any atom is -0.340 e. The topological polar surface area (TPSA) is 78.9 Å². The van der Waals surface area contributed by atoms with Crippen molar-refractivity contribution in [1.29, 1.82) is 0 Å². The molecular formula is C26H25N5O. The highest BCUT2D eigenvalue weighted by Crippen LogP contribution is 2.22. The number of hydrogen-bond acceptors (Lipinski definition) is 5. The predicted octanol–water partition coefficient (Wildman–Crippen LogP) is 6.14. The van der Waals surface area contributed by atoms with Crippen molar-refractivity contribution in [2.75, 3.05) is 16.0 Å². The summed E-state index contributed by atoms with van der Waals surface area (Å²) in [6.07, 6.45) is 0. The molecule has 6 heteroatoms. The Hall–Kier alpha value is -4.19. The van der Waals surface area contributed by atoms with Crippen molar-refractivity contribution in [2.45, 2.75) is 20.8 Å². The SMILES string of the molecule is Cc1ccc(Nc2cc(Nc3ccc(NC(=O)c4cccc(C)c4)cc3)nc(C)n2)cc1. The number of nitrogens with zero attached hydrogens (tertiary/aromatic N) is 2. The second kappa shape index (κ2) is 9.31. The first-order valence-electron chi connectivity index (χ1n) is 10.4. The summed E-state index contributed by atoms with van der Waals surface area (Å²) in [4.78, 5) is 21.4. The van der Waals surface area contributed by atoms with E-state index in [-0.39, 0.29) is 5.91 Å². The largest absolute Gasteiger partial charge is 0.340 e. The van der Waals surface area contributed by atoms with Gasteiger partial charge in [-0.25, -0.2) is 9.97 Å². The van der Waals surface area contributed by atoms with E-state index in [4.69, 9.17) is 0 Å². The molecule has 4 rings (SSSR count). The molecule has 0 unspecified atom stereocenters. The Morgan fingerprint density at radius 1 is 0.656 bits per heavy atom. The summed E-state index contributed by atoms with van der Waals surface area (Å²) in [6, 6.07) is 25.0. The highest BCUT2D eigenvalue weighted by Gasteiger charge is 2.07. The van der Waals surface area contributed by atoms with Gasteiger partial charge in [0.05, 0.1) is 0 Å². The quantitative estimate of drug-likeness (QED) is 0.347. The van der Waals surface area contributed by atoms with Crippen LogP contribution in [0.25, 0.3) is 0 Å². The van der Waals surface area contributed by atoms with Crippen molar-refractivity contribution in [3.8, 4) is 0 Å². The lowest BCUT2D eigenvalue weighted by Crippen LogP contribution is -2.11. The lowest BCUT2D eigenvalue weighted by atomic mass is 10.1. The van der Waals surface area contributed by atoms with E-state index in [9.17, 15) is 4.79 Å². The molecule has 1 heterocycles. The molecule has 0 aliphatic rings.